The highest BCUT2D eigenvalue weighted by molar-refractivity contribution is 5.85. The van der Waals surface area contributed by atoms with Crippen molar-refractivity contribution < 1.29 is 14.3 Å². The number of anilines is 1. The minimum Gasteiger partial charge on any atom is -0.477 e. The van der Waals surface area contributed by atoms with Gasteiger partial charge < -0.3 is 24.6 Å². The second-order valence-corrected chi connectivity index (χ2v) is 6.59. The molecule has 26 heavy (non-hydrogen) atoms. The lowest BCUT2D eigenvalue weighted by atomic mass is 10.0. The van der Waals surface area contributed by atoms with Gasteiger partial charge in [-0.05, 0) is 12.1 Å². The SMILES string of the molecule is CNC(=O)N1CC(COc2nc(N3CCOCC3)cc3ncccc23)C1. The van der Waals surface area contributed by atoms with Crippen molar-refractivity contribution in [2.24, 2.45) is 5.92 Å². The largest absolute Gasteiger partial charge is 0.477 e. The van der Waals surface area contributed by atoms with Gasteiger partial charge in [-0.1, -0.05) is 0 Å². The maximum Gasteiger partial charge on any atom is 0.317 e. The normalized spacial score (nSPS) is 17.9. The summed E-state index contributed by atoms with van der Waals surface area (Å²) in [5.74, 6) is 1.80. The fraction of sp³-hybridized carbons (Fsp3) is 0.500. The number of hydrogen-bond donors (Lipinski definition) is 1. The average Bonchev–Trinajstić information content (AvgIpc) is 2.66. The Bertz CT molecular complexity index is 787. The monoisotopic (exact) mass is 357 g/mol. The molecule has 2 aromatic rings. The number of carbonyl (C=O) groups excluding carboxylic acids is 1. The number of pyridine rings is 2. The Morgan fingerprint density at radius 2 is 2.19 bits per heavy atom. The van der Waals surface area contributed by atoms with E-state index in [1.807, 2.05) is 18.2 Å². The molecule has 2 saturated heterocycles. The van der Waals surface area contributed by atoms with Crippen LogP contribution >= 0.6 is 0 Å². The summed E-state index contributed by atoms with van der Waals surface area (Å²) in [6, 6.07) is 5.83. The Hall–Kier alpha value is -2.61. The molecule has 2 aliphatic heterocycles. The third-order valence-electron chi connectivity index (χ3n) is 4.80. The summed E-state index contributed by atoms with van der Waals surface area (Å²) in [5.41, 5.74) is 0.875. The van der Waals surface area contributed by atoms with Crippen LogP contribution in [0.3, 0.4) is 0 Å². The Balaban J connectivity index is 1.49. The lowest BCUT2D eigenvalue weighted by Crippen LogP contribution is -2.54. The summed E-state index contributed by atoms with van der Waals surface area (Å²) in [7, 11) is 1.65. The number of likely N-dealkylation sites (tertiary alicyclic amines) is 1. The van der Waals surface area contributed by atoms with E-state index in [1.54, 1.807) is 18.1 Å². The van der Waals surface area contributed by atoms with Crippen LogP contribution < -0.4 is 15.0 Å². The van der Waals surface area contributed by atoms with Crippen LogP contribution in [0, 0.1) is 5.92 Å². The molecule has 0 saturated carbocycles. The van der Waals surface area contributed by atoms with Crippen LogP contribution in [-0.2, 0) is 4.74 Å². The minimum atomic E-state index is -0.0386. The van der Waals surface area contributed by atoms with Crippen molar-refractivity contribution in [2.75, 3.05) is 57.9 Å². The van der Waals surface area contributed by atoms with Gasteiger partial charge in [0.1, 0.15) is 5.82 Å². The number of aromatic nitrogens is 2. The number of ether oxygens (including phenoxy) is 2. The molecule has 0 spiro atoms. The smallest absolute Gasteiger partial charge is 0.317 e. The first-order chi connectivity index (χ1) is 12.7. The van der Waals surface area contributed by atoms with E-state index < -0.39 is 0 Å². The van der Waals surface area contributed by atoms with Gasteiger partial charge in [-0.15, -0.1) is 0 Å². The molecule has 0 aliphatic carbocycles. The second-order valence-electron chi connectivity index (χ2n) is 6.59. The molecule has 2 fully saturated rings. The number of rotatable bonds is 4. The van der Waals surface area contributed by atoms with Crippen LogP contribution in [0.1, 0.15) is 0 Å². The Labute approximate surface area is 152 Å². The number of urea groups is 1. The number of hydrogen-bond acceptors (Lipinski definition) is 6. The summed E-state index contributed by atoms with van der Waals surface area (Å²) >= 11 is 0. The summed E-state index contributed by atoms with van der Waals surface area (Å²) in [5, 5.41) is 3.55. The fourth-order valence-corrected chi connectivity index (χ4v) is 3.29. The van der Waals surface area contributed by atoms with E-state index in [0.29, 0.717) is 44.7 Å². The van der Waals surface area contributed by atoms with E-state index in [-0.39, 0.29) is 6.03 Å². The van der Waals surface area contributed by atoms with E-state index in [9.17, 15) is 4.79 Å². The molecule has 0 radical (unpaired) electrons. The highest BCUT2D eigenvalue weighted by atomic mass is 16.5. The first kappa shape index (κ1) is 16.8. The Morgan fingerprint density at radius 1 is 1.38 bits per heavy atom. The maximum absolute atomic E-state index is 11.5. The molecule has 0 bridgehead atoms. The van der Waals surface area contributed by atoms with Crippen molar-refractivity contribution >= 4 is 22.8 Å². The highest BCUT2D eigenvalue weighted by Crippen LogP contribution is 2.28. The van der Waals surface area contributed by atoms with Gasteiger partial charge in [0.15, 0.2) is 0 Å². The number of morpholine rings is 1. The van der Waals surface area contributed by atoms with E-state index >= 15 is 0 Å². The van der Waals surface area contributed by atoms with E-state index in [1.165, 1.54) is 0 Å². The van der Waals surface area contributed by atoms with E-state index in [4.69, 9.17) is 14.5 Å². The van der Waals surface area contributed by atoms with Crippen molar-refractivity contribution in [3.05, 3.63) is 24.4 Å². The lowest BCUT2D eigenvalue weighted by Gasteiger charge is -2.38. The van der Waals surface area contributed by atoms with Crippen molar-refractivity contribution in [1.29, 1.82) is 0 Å². The van der Waals surface area contributed by atoms with Crippen LogP contribution in [0.2, 0.25) is 0 Å². The number of nitrogens with zero attached hydrogens (tertiary/aromatic N) is 4. The Morgan fingerprint density at radius 3 is 2.96 bits per heavy atom. The van der Waals surface area contributed by atoms with Gasteiger partial charge in [0.05, 0.1) is 30.7 Å². The summed E-state index contributed by atoms with van der Waals surface area (Å²) < 4.78 is 11.5. The third kappa shape index (κ3) is 3.37. The van der Waals surface area contributed by atoms with Crippen molar-refractivity contribution in [3.8, 4) is 5.88 Å². The second kappa shape index (κ2) is 7.33. The van der Waals surface area contributed by atoms with E-state index in [0.717, 1.165) is 29.8 Å². The highest BCUT2D eigenvalue weighted by Gasteiger charge is 2.30. The Kier molecular flexibility index (Phi) is 4.75. The summed E-state index contributed by atoms with van der Waals surface area (Å²) in [6.45, 7) is 4.99. The average molecular weight is 357 g/mol. The molecular formula is C18H23N5O3. The van der Waals surface area contributed by atoms with Gasteiger partial charge in [0, 0.05) is 51.4 Å². The molecule has 4 rings (SSSR count). The molecule has 2 aromatic heterocycles. The van der Waals surface area contributed by atoms with Gasteiger partial charge in [0.25, 0.3) is 0 Å². The standard InChI is InChI=1S/C18H23N5O3/c1-19-18(24)23-10-13(11-23)12-26-17-14-3-2-4-20-15(14)9-16(21-17)22-5-7-25-8-6-22/h2-4,9,13H,5-8,10-12H2,1H3,(H,19,24). The van der Waals surface area contributed by atoms with Crippen LogP contribution in [0.4, 0.5) is 10.6 Å². The lowest BCUT2D eigenvalue weighted by molar-refractivity contribution is 0.0856. The summed E-state index contributed by atoms with van der Waals surface area (Å²) in [4.78, 5) is 24.7. The van der Waals surface area contributed by atoms with Gasteiger partial charge in [-0.3, -0.25) is 4.98 Å². The zero-order valence-electron chi connectivity index (χ0n) is 14.9. The van der Waals surface area contributed by atoms with Gasteiger partial charge in [0.2, 0.25) is 5.88 Å². The van der Waals surface area contributed by atoms with Gasteiger partial charge >= 0.3 is 6.03 Å². The van der Waals surface area contributed by atoms with Crippen molar-refractivity contribution in [1.82, 2.24) is 20.2 Å². The number of fused-ring (bicyclic) bond motifs is 1. The third-order valence-corrected chi connectivity index (χ3v) is 4.80. The minimum absolute atomic E-state index is 0.0386. The first-order valence-corrected chi connectivity index (χ1v) is 8.92. The maximum atomic E-state index is 11.5. The van der Waals surface area contributed by atoms with Crippen LogP contribution in [0.15, 0.2) is 24.4 Å². The number of nitrogens with one attached hydrogen (secondary N) is 1. The molecule has 8 nitrogen and oxygen atoms in total. The molecule has 0 aromatic carbocycles. The topological polar surface area (TPSA) is 79.8 Å². The first-order valence-electron chi connectivity index (χ1n) is 8.92. The summed E-state index contributed by atoms with van der Waals surface area (Å²) in [6.07, 6.45) is 1.78. The zero-order valence-corrected chi connectivity index (χ0v) is 14.9. The molecule has 2 aliphatic rings. The predicted molar refractivity (Wildman–Crippen MR) is 97.6 cm³/mol. The number of carbonyl (C=O) groups is 1. The predicted octanol–water partition coefficient (Wildman–Crippen LogP) is 1.12. The number of amides is 2. The van der Waals surface area contributed by atoms with Crippen LogP contribution in [0.5, 0.6) is 5.88 Å². The van der Waals surface area contributed by atoms with Gasteiger partial charge in [-0.2, -0.15) is 4.98 Å². The molecule has 2 amide bonds. The molecule has 4 heterocycles. The van der Waals surface area contributed by atoms with Crippen LogP contribution in [-0.4, -0.2) is 73.9 Å². The molecule has 138 valence electrons. The van der Waals surface area contributed by atoms with Crippen LogP contribution in [0.25, 0.3) is 10.9 Å². The quantitative estimate of drug-likeness (QED) is 0.883. The fourth-order valence-electron chi connectivity index (χ4n) is 3.29. The zero-order chi connectivity index (χ0) is 17.9. The molecular weight excluding hydrogens is 334 g/mol. The van der Waals surface area contributed by atoms with Gasteiger partial charge in [-0.25, -0.2) is 4.79 Å². The molecule has 8 heteroatoms. The van der Waals surface area contributed by atoms with Crippen molar-refractivity contribution in [2.45, 2.75) is 0 Å². The van der Waals surface area contributed by atoms with E-state index in [2.05, 4.69) is 15.2 Å². The molecule has 0 atom stereocenters. The molecule has 0 unspecified atom stereocenters. The molecule has 1 N–H and O–H groups in total. The van der Waals surface area contributed by atoms with Crippen molar-refractivity contribution in [3.63, 3.8) is 0 Å².